The fourth-order valence-corrected chi connectivity index (χ4v) is 4.92. The molecule has 1 aliphatic heterocycles. The molecule has 0 spiro atoms. The molecule has 0 saturated heterocycles. The molecule has 34 heavy (non-hydrogen) atoms. The van der Waals surface area contributed by atoms with Crippen molar-refractivity contribution in [1.82, 2.24) is 4.57 Å². The van der Waals surface area contributed by atoms with Crippen molar-refractivity contribution >= 4 is 23.4 Å². The summed E-state index contributed by atoms with van der Waals surface area (Å²) >= 11 is 1.24. The molecule has 0 unspecified atom stereocenters. The number of aromatic hydroxyl groups is 1. The molecule has 0 saturated carbocycles. The first-order valence-electron chi connectivity index (χ1n) is 11.0. The highest BCUT2D eigenvalue weighted by atomic mass is 32.1. The summed E-state index contributed by atoms with van der Waals surface area (Å²) in [7, 11) is 0. The molecule has 1 aliphatic rings. The molecule has 2 heterocycles. The predicted octanol–water partition coefficient (Wildman–Crippen LogP) is 3.29. The van der Waals surface area contributed by atoms with E-state index in [0.717, 1.165) is 5.56 Å². The summed E-state index contributed by atoms with van der Waals surface area (Å²) in [5.41, 5.74) is 2.01. The standard InChI is InChI=1S/C26H26N2O5S/c1-5-32-25(31)22-16(4)27-26-28(23(22)18-9-11-20(12-10-18)33-15(2)3)24(30)21(34-26)14-17-7-6-8-19(29)13-17/h6-15,23,29H,5H2,1-4H3/b21-14-/t23-/m0/s1. The summed E-state index contributed by atoms with van der Waals surface area (Å²) in [5, 5.41) is 9.78. The van der Waals surface area contributed by atoms with E-state index in [1.54, 1.807) is 44.2 Å². The number of esters is 1. The number of phenolic OH excluding ortho intramolecular Hbond substituents is 1. The van der Waals surface area contributed by atoms with Crippen LogP contribution in [0.4, 0.5) is 0 Å². The van der Waals surface area contributed by atoms with Crippen molar-refractivity contribution in [3.8, 4) is 11.5 Å². The van der Waals surface area contributed by atoms with Gasteiger partial charge in [-0.2, -0.15) is 0 Å². The fourth-order valence-electron chi connectivity index (χ4n) is 3.87. The maximum absolute atomic E-state index is 13.6. The van der Waals surface area contributed by atoms with Crippen molar-refractivity contribution in [1.29, 1.82) is 0 Å². The van der Waals surface area contributed by atoms with Crippen LogP contribution >= 0.6 is 11.3 Å². The van der Waals surface area contributed by atoms with Crippen LogP contribution in [0.15, 0.2) is 69.6 Å². The Morgan fingerprint density at radius 1 is 1.24 bits per heavy atom. The fraction of sp³-hybridized carbons (Fsp3) is 0.269. The number of aromatic nitrogens is 1. The molecule has 0 fully saturated rings. The second kappa shape index (κ2) is 9.69. The molecule has 176 valence electrons. The minimum absolute atomic E-state index is 0.0261. The lowest BCUT2D eigenvalue weighted by molar-refractivity contribution is -0.139. The van der Waals surface area contributed by atoms with Crippen molar-refractivity contribution in [2.24, 2.45) is 4.99 Å². The second-order valence-electron chi connectivity index (χ2n) is 8.13. The molecule has 1 N–H and O–H groups in total. The van der Waals surface area contributed by atoms with Gasteiger partial charge in [0.2, 0.25) is 0 Å². The maximum atomic E-state index is 13.6. The number of phenols is 1. The first-order valence-corrected chi connectivity index (χ1v) is 11.9. The average Bonchev–Trinajstić information content (AvgIpc) is 3.07. The average molecular weight is 479 g/mol. The maximum Gasteiger partial charge on any atom is 0.338 e. The Balaban J connectivity index is 1.90. The molecule has 1 atom stereocenters. The number of allylic oxidation sites excluding steroid dienone is 1. The Hall–Kier alpha value is -3.65. The van der Waals surface area contributed by atoms with Crippen LogP contribution in [0.25, 0.3) is 6.08 Å². The third kappa shape index (κ3) is 4.68. The molecule has 0 amide bonds. The number of hydrogen-bond donors (Lipinski definition) is 1. The van der Waals surface area contributed by atoms with Gasteiger partial charge in [0.1, 0.15) is 11.5 Å². The van der Waals surface area contributed by atoms with Gasteiger partial charge in [-0.1, -0.05) is 35.6 Å². The van der Waals surface area contributed by atoms with E-state index in [2.05, 4.69) is 4.99 Å². The normalized spacial score (nSPS) is 15.8. The third-order valence-electron chi connectivity index (χ3n) is 5.25. The van der Waals surface area contributed by atoms with E-state index in [1.165, 1.54) is 15.9 Å². The monoisotopic (exact) mass is 478 g/mol. The number of ether oxygens (including phenoxy) is 2. The first kappa shape index (κ1) is 23.5. The smallest absolute Gasteiger partial charge is 0.338 e. The lowest BCUT2D eigenvalue weighted by Gasteiger charge is -2.25. The van der Waals surface area contributed by atoms with E-state index < -0.39 is 12.0 Å². The molecule has 0 bridgehead atoms. The molecule has 0 aliphatic carbocycles. The summed E-state index contributed by atoms with van der Waals surface area (Å²) < 4.78 is 13.1. The number of thiazole rings is 1. The number of fused-ring (bicyclic) bond motifs is 1. The van der Waals surface area contributed by atoms with Gasteiger partial charge >= 0.3 is 5.97 Å². The third-order valence-corrected chi connectivity index (χ3v) is 6.24. The second-order valence-corrected chi connectivity index (χ2v) is 9.14. The lowest BCUT2D eigenvalue weighted by atomic mass is 9.96. The summed E-state index contributed by atoms with van der Waals surface area (Å²) in [6.45, 7) is 7.60. The summed E-state index contributed by atoms with van der Waals surface area (Å²) in [6.07, 6.45) is 1.74. The van der Waals surface area contributed by atoms with Gasteiger partial charge in [0.05, 0.1) is 34.6 Å². The van der Waals surface area contributed by atoms with Crippen LogP contribution in [0.1, 0.15) is 44.9 Å². The number of benzene rings is 2. The quantitative estimate of drug-likeness (QED) is 0.549. The number of carbonyl (C=O) groups excluding carboxylic acids is 1. The van der Waals surface area contributed by atoms with Crippen LogP contribution in [-0.2, 0) is 9.53 Å². The van der Waals surface area contributed by atoms with Gasteiger partial charge in [0.25, 0.3) is 5.56 Å². The van der Waals surface area contributed by atoms with Crippen LogP contribution in [0.5, 0.6) is 11.5 Å². The molecule has 2 aromatic carbocycles. The Kier molecular flexibility index (Phi) is 6.70. The van der Waals surface area contributed by atoms with Gasteiger partial charge in [0.15, 0.2) is 4.80 Å². The van der Waals surface area contributed by atoms with Crippen molar-refractivity contribution < 1.29 is 19.4 Å². The molecule has 8 heteroatoms. The zero-order valence-electron chi connectivity index (χ0n) is 19.4. The molecular weight excluding hydrogens is 452 g/mol. The van der Waals surface area contributed by atoms with E-state index in [0.29, 0.717) is 31.9 Å². The van der Waals surface area contributed by atoms with Crippen molar-refractivity contribution in [2.75, 3.05) is 6.61 Å². The van der Waals surface area contributed by atoms with Gasteiger partial charge in [-0.15, -0.1) is 0 Å². The zero-order chi connectivity index (χ0) is 24.4. The van der Waals surface area contributed by atoms with Crippen molar-refractivity contribution in [2.45, 2.75) is 39.8 Å². The van der Waals surface area contributed by atoms with E-state index in [9.17, 15) is 14.7 Å². The van der Waals surface area contributed by atoms with Crippen LogP contribution in [0.3, 0.4) is 0 Å². The predicted molar refractivity (Wildman–Crippen MR) is 131 cm³/mol. The minimum atomic E-state index is -0.685. The number of carbonyl (C=O) groups is 1. The molecular formula is C26H26N2O5S. The van der Waals surface area contributed by atoms with E-state index in [-0.39, 0.29) is 24.0 Å². The summed E-state index contributed by atoms with van der Waals surface area (Å²) in [4.78, 5) is 31.6. The highest BCUT2D eigenvalue weighted by molar-refractivity contribution is 7.07. The summed E-state index contributed by atoms with van der Waals surface area (Å²) in [6, 6.07) is 13.3. The number of nitrogens with zero attached hydrogens (tertiary/aromatic N) is 2. The number of hydrogen-bond acceptors (Lipinski definition) is 7. The van der Waals surface area contributed by atoms with Gasteiger partial charge in [-0.05, 0) is 69.2 Å². The number of rotatable bonds is 6. The van der Waals surface area contributed by atoms with E-state index in [1.807, 2.05) is 38.1 Å². The zero-order valence-corrected chi connectivity index (χ0v) is 20.3. The Morgan fingerprint density at radius 2 is 1.97 bits per heavy atom. The lowest BCUT2D eigenvalue weighted by Crippen LogP contribution is -2.39. The van der Waals surface area contributed by atoms with Gasteiger partial charge in [0, 0.05) is 0 Å². The topological polar surface area (TPSA) is 90.1 Å². The Morgan fingerprint density at radius 3 is 2.62 bits per heavy atom. The Bertz CT molecular complexity index is 1430. The van der Waals surface area contributed by atoms with Crippen LogP contribution in [0.2, 0.25) is 0 Å². The first-order chi connectivity index (χ1) is 16.3. The highest BCUT2D eigenvalue weighted by Crippen LogP contribution is 2.31. The van der Waals surface area contributed by atoms with E-state index in [4.69, 9.17) is 9.47 Å². The molecule has 7 nitrogen and oxygen atoms in total. The molecule has 3 aromatic rings. The van der Waals surface area contributed by atoms with Crippen molar-refractivity contribution in [3.05, 3.63) is 90.6 Å². The molecule has 1 aromatic heterocycles. The molecule has 0 radical (unpaired) electrons. The Labute approximate surface area is 200 Å². The van der Waals surface area contributed by atoms with Crippen LogP contribution in [0, 0.1) is 0 Å². The SMILES string of the molecule is CCOC(=O)C1=C(C)N=c2s/c(=C\c3cccc(O)c3)c(=O)n2[C@H]1c1ccc(OC(C)C)cc1. The van der Waals surface area contributed by atoms with Crippen molar-refractivity contribution in [3.63, 3.8) is 0 Å². The van der Waals surface area contributed by atoms with Gasteiger partial charge in [-0.25, -0.2) is 9.79 Å². The van der Waals surface area contributed by atoms with Crippen LogP contribution < -0.4 is 19.6 Å². The van der Waals surface area contributed by atoms with Crippen LogP contribution in [-0.4, -0.2) is 28.4 Å². The minimum Gasteiger partial charge on any atom is -0.508 e. The molecule has 4 rings (SSSR count). The largest absolute Gasteiger partial charge is 0.508 e. The summed E-state index contributed by atoms with van der Waals surface area (Å²) in [5.74, 6) is 0.315. The van der Waals surface area contributed by atoms with Gasteiger partial charge in [-0.3, -0.25) is 9.36 Å². The van der Waals surface area contributed by atoms with E-state index >= 15 is 0 Å². The van der Waals surface area contributed by atoms with Gasteiger partial charge < -0.3 is 14.6 Å². The highest BCUT2D eigenvalue weighted by Gasteiger charge is 2.33.